The molecule has 0 aliphatic heterocycles. The number of likely N-dealkylation sites (N-methyl/N-ethyl adjacent to an activating group) is 1. The van der Waals surface area contributed by atoms with E-state index in [0.717, 1.165) is 23.2 Å². The van der Waals surface area contributed by atoms with Crippen molar-refractivity contribution in [1.82, 2.24) is 0 Å². The van der Waals surface area contributed by atoms with Crippen LogP contribution in [0.1, 0.15) is 5.56 Å². The number of aryl methyl sites for hydroxylation is 1. The molecular weight excluding hydrogens is 230 g/mol. The second-order valence-corrected chi connectivity index (χ2v) is 4.71. The second-order valence-electron chi connectivity index (χ2n) is 4.71. The average molecular weight is 248 g/mol. The number of hydrogen-bond acceptors (Lipinski definition) is 3. The molecule has 0 unspecified atom stereocenters. The van der Waals surface area contributed by atoms with Crippen LogP contribution >= 0.6 is 0 Å². The van der Waals surface area contributed by atoms with Gasteiger partial charge in [0.15, 0.2) is 0 Å². The maximum absolute atomic E-state index is 11.3. The van der Waals surface area contributed by atoms with Gasteiger partial charge in [0.05, 0.1) is 14.1 Å². The molecule has 0 saturated carbocycles. The van der Waals surface area contributed by atoms with Crippen molar-refractivity contribution in [2.24, 2.45) is 0 Å². The summed E-state index contributed by atoms with van der Waals surface area (Å²) in [5.41, 5.74) is 1.18. The summed E-state index contributed by atoms with van der Waals surface area (Å²) < 4.78 is 10.8. The third kappa shape index (κ3) is 2.90. The monoisotopic (exact) mass is 248 g/mol. The van der Waals surface area contributed by atoms with Crippen LogP contribution in [-0.4, -0.2) is 27.2 Å². The lowest BCUT2D eigenvalue weighted by Gasteiger charge is -2.09. The molecule has 1 aromatic carbocycles. The topological polar surface area (TPSA) is 43.9 Å². The van der Waals surface area contributed by atoms with Gasteiger partial charge in [-0.15, -0.1) is 0 Å². The largest absolute Gasteiger partial charge is 0.488 e. The smallest absolute Gasteiger partial charge is 0.336 e. The standard InChI is InChI=1S/C14H17NO3/c1-10-8-14(16)18-13-9-11(4-5-12(10)13)17-7-6-15(2)3/h4-5,8-9H,6-7H2,1-3H3/p+1. The van der Waals surface area contributed by atoms with Crippen LogP contribution in [0.25, 0.3) is 11.0 Å². The molecule has 0 radical (unpaired) electrons. The lowest BCUT2D eigenvalue weighted by molar-refractivity contribution is -0.858. The Labute approximate surface area is 106 Å². The predicted octanol–water partition coefficient (Wildman–Crippen LogP) is 0.625. The molecule has 1 heterocycles. The average Bonchev–Trinajstić information content (AvgIpc) is 2.27. The number of quaternary nitrogens is 1. The molecule has 4 nitrogen and oxygen atoms in total. The van der Waals surface area contributed by atoms with E-state index in [2.05, 4.69) is 14.1 Å². The molecule has 96 valence electrons. The highest BCUT2D eigenvalue weighted by molar-refractivity contribution is 5.81. The fraction of sp³-hybridized carbons (Fsp3) is 0.357. The molecule has 1 N–H and O–H groups in total. The van der Waals surface area contributed by atoms with Crippen molar-refractivity contribution in [3.63, 3.8) is 0 Å². The highest BCUT2D eigenvalue weighted by Crippen LogP contribution is 2.21. The van der Waals surface area contributed by atoms with E-state index >= 15 is 0 Å². The SMILES string of the molecule is Cc1cc(=O)oc2cc(OCC[NH+](C)C)ccc12. The first kappa shape index (κ1) is 12.6. The van der Waals surface area contributed by atoms with Crippen LogP contribution in [0, 0.1) is 6.92 Å². The summed E-state index contributed by atoms with van der Waals surface area (Å²) >= 11 is 0. The molecule has 0 atom stereocenters. The van der Waals surface area contributed by atoms with Gasteiger partial charge < -0.3 is 14.1 Å². The first-order valence-corrected chi connectivity index (χ1v) is 6.02. The van der Waals surface area contributed by atoms with E-state index in [1.54, 1.807) is 6.07 Å². The van der Waals surface area contributed by atoms with Crippen molar-refractivity contribution >= 4 is 11.0 Å². The molecule has 0 saturated heterocycles. The van der Waals surface area contributed by atoms with Gasteiger partial charge in [-0.1, -0.05) is 0 Å². The normalized spacial score (nSPS) is 11.1. The molecule has 0 aliphatic carbocycles. The minimum absolute atomic E-state index is 0.324. The zero-order chi connectivity index (χ0) is 13.1. The fourth-order valence-corrected chi connectivity index (χ4v) is 1.77. The van der Waals surface area contributed by atoms with E-state index in [0.29, 0.717) is 12.2 Å². The molecule has 1 aromatic heterocycles. The molecule has 0 spiro atoms. The Morgan fingerprint density at radius 3 is 2.78 bits per heavy atom. The molecule has 0 aliphatic rings. The first-order chi connectivity index (χ1) is 8.56. The van der Waals surface area contributed by atoms with Gasteiger partial charge in [0.1, 0.15) is 24.5 Å². The van der Waals surface area contributed by atoms with Gasteiger partial charge in [-0.05, 0) is 24.6 Å². The van der Waals surface area contributed by atoms with E-state index in [1.165, 1.54) is 11.0 Å². The van der Waals surface area contributed by atoms with Gasteiger partial charge in [-0.2, -0.15) is 0 Å². The summed E-state index contributed by atoms with van der Waals surface area (Å²) in [6.45, 7) is 3.47. The van der Waals surface area contributed by atoms with Crippen molar-refractivity contribution in [3.05, 3.63) is 40.2 Å². The number of fused-ring (bicyclic) bond motifs is 1. The minimum atomic E-state index is -0.324. The zero-order valence-electron chi connectivity index (χ0n) is 10.9. The molecule has 0 bridgehead atoms. The van der Waals surface area contributed by atoms with Crippen molar-refractivity contribution < 1.29 is 14.1 Å². The van der Waals surface area contributed by atoms with Crippen LogP contribution in [0.4, 0.5) is 0 Å². The Kier molecular flexibility index (Phi) is 3.67. The predicted molar refractivity (Wildman–Crippen MR) is 70.4 cm³/mol. The molecule has 2 aromatic rings. The third-order valence-corrected chi connectivity index (χ3v) is 2.79. The van der Waals surface area contributed by atoms with Gasteiger partial charge in [0, 0.05) is 17.5 Å². The van der Waals surface area contributed by atoms with Crippen molar-refractivity contribution in [3.8, 4) is 5.75 Å². The quantitative estimate of drug-likeness (QED) is 0.807. The summed E-state index contributed by atoms with van der Waals surface area (Å²) in [5, 5.41) is 0.945. The zero-order valence-corrected chi connectivity index (χ0v) is 10.9. The minimum Gasteiger partial charge on any atom is -0.488 e. The van der Waals surface area contributed by atoms with Crippen LogP contribution in [0.5, 0.6) is 5.75 Å². The van der Waals surface area contributed by atoms with Gasteiger partial charge in [0.2, 0.25) is 0 Å². The Morgan fingerprint density at radius 1 is 1.28 bits per heavy atom. The maximum atomic E-state index is 11.3. The first-order valence-electron chi connectivity index (χ1n) is 6.02. The van der Waals surface area contributed by atoms with E-state index in [4.69, 9.17) is 9.15 Å². The Morgan fingerprint density at radius 2 is 2.06 bits per heavy atom. The Balaban J connectivity index is 2.24. The second kappa shape index (κ2) is 5.23. The van der Waals surface area contributed by atoms with Gasteiger partial charge in [-0.25, -0.2) is 4.79 Å². The van der Waals surface area contributed by atoms with Gasteiger partial charge in [-0.3, -0.25) is 0 Å². The number of nitrogens with one attached hydrogen (secondary N) is 1. The van der Waals surface area contributed by atoms with Crippen LogP contribution in [0.15, 0.2) is 33.5 Å². The Hall–Kier alpha value is -1.81. The molecule has 18 heavy (non-hydrogen) atoms. The summed E-state index contributed by atoms with van der Waals surface area (Å²) in [5.74, 6) is 0.734. The lowest BCUT2D eigenvalue weighted by atomic mass is 10.1. The highest BCUT2D eigenvalue weighted by Gasteiger charge is 2.04. The van der Waals surface area contributed by atoms with Crippen LogP contribution in [-0.2, 0) is 0 Å². The summed E-state index contributed by atoms with van der Waals surface area (Å²) in [4.78, 5) is 12.6. The molecular formula is C14H18NO3+. The lowest BCUT2D eigenvalue weighted by Crippen LogP contribution is -3.06. The number of rotatable bonds is 4. The molecule has 0 amide bonds. The van der Waals surface area contributed by atoms with E-state index in [1.807, 2.05) is 19.1 Å². The van der Waals surface area contributed by atoms with Crippen LogP contribution < -0.4 is 15.3 Å². The molecule has 2 rings (SSSR count). The van der Waals surface area contributed by atoms with Crippen molar-refractivity contribution in [1.29, 1.82) is 0 Å². The van der Waals surface area contributed by atoms with E-state index in [9.17, 15) is 4.79 Å². The summed E-state index contributed by atoms with van der Waals surface area (Å²) in [7, 11) is 4.15. The van der Waals surface area contributed by atoms with E-state index in [-0.39, 0.29) is 5.63 Å². The maximum Gasteiger partial charge on any atom is 0.336 e. The van der Waals surface area contributed by atoms with Crippen molar-refractivity contribution in [2.45, 2.75) is 6.92 Å². The summed E-state index contributed by atoms with van der Waals surface area (Å²) in [6.07, 6.45) is 0. The van der Waals surface area contributed by atoms with Gasteiger partial charge in [0.25, 0.3) is 0 Å². The summed E-state index contributed by atoms with van der Waals surface area (Å²) in [6, 6.07) is 7.10. The number of ether oxygens (including phenoxy) is 1. The van der Waals surface area contributed by atoms with E-state index < -0.39 is 0 Å². The molecule has 0 fully saturated rings. The number of benzene rings is 1. The van der Waals surface area contributed by atoms with Gasteiger partial charge >= 0.3 is 5.63 Å². The van der Waals surface area contributed by atoms with Crippen LogP contribution in [0.3, 0.4) is 0 Å². The Bertz CT molecular complexity index is 602. The van der Waals surface area contributed by atoms with Crippen molar-refractivity contribution in [2.75, 3.05) is 27.2 Å². The third-order valence-electron chi connectivity index (χ3n) is 2.79. The van der Waals surface area contributed by atoms with Crippen LogP contribution in [0.2, 0.25) is 0 Å². The fourth-order valence-electron chi connectivity index (χ4n) is 1.77. The highest BCUT2D eigenvalue weighted by atomic mass is 16.5. The number of hydrogen-bond donors (Lipinski definition) is 1. The molecule has 4 heteroatoms.